The molecule has 0 bridgehead atoms. The van der Waals surface area contributed by atoms with E-state index in [-0.39, 0.29) is 10.5 Å². The minimum Gasteiger partial charge on any atom is -0.322 e. The van der Waals surface area contributed by atoms with Crippen molar-refractivity contribution in [3.8, 4) is 0 Å². The second-order valence-electron chi connectivity index (χ2n) is 5.24. The molecule has 0 aromatic heterocycles. The van der Waals surface area contributed by atoms with Crippen molar-refractivity contribution in [3.63, 3.8) is 0 Å². The third-order valence-corrected chi connectivity index (χ3v) is 5.01. The Morgan fingerprint density at radius 2 is 1.88 bits per heavy atom. The Balaban J connectivity index is 2.16. The van der Waals surface area contributed by atoms with Gasteiger partial charge in [0.1, 0.15) is 0 Å². The first-order valence-electron chi connectivity index (χ1n) is 7.59. The molecule has 0 aliphatic heterocycles. The summed E-state index contributed by atoms with van der Waals surface area (Å²) < 4.78 is 27.0. The van der Waals surface area contributed by atoms with Gasteiger partial charge in [-0.25, -0.2) is 13.1 Å². The van der Waals surface area contributed by atoms with E-state index in [9.17, 15) is 13.2 Å². The third kappa shape index (κ3) is 5.06. The first-order chi connectivity index (χ1) is 11.4. The molecule has 0 saturated carbocycles. The molecule has 0 aliphatic rings. The van der Waals surface area contributed by atoms with Gasteiger partial charge in [0, 0.05) is 22.8 Å². The maximum absolute atomic E-state index is 12.3. The van der Waals surface area contributed by atoms with Crippen LogP contribution in [0.2, 0.25) is 5.02 Å². The number of hydrogen-bond donors (Lipinski definition) is 2. The predicted molar refractivity (Wildman–Crippen MR) is 95.9 cm³/mol. The maximum Gasteiger partial charge on any atom is 0.255 e. The SMILES string of the molecule is CCCCNS(=O)(=O)c1cccc(C(=O)Nc2cccc(Cl)c2)c1. The van der Waals surface area contributed by atoms with E-state index < -0.39 is 15.9 Å². The Labute approximate surface area is 147 Å². The van der Waals surface area contributed by atoms with Crippen LogP contribution in [0.25, 0.3) is 0 Å². The summed E-state index contributed by atoms with van der Waals surface area (Å²) in [6.07, 6.45) is 1.65. The monoisotopic (exact) mass is 366 g/mol. The summed E-state index contributed by atoms with van der Waals surface area (Å²) in [6.45, 7) is 2.35. The van der Waals surface area contributed by atoms with Crippen LogP contribution in [0.4, 0.5) is 5.69 Å². The number of amides is 1. The summed E-state index contributed by atoms with van der Waals surface area (Å²) in [5.74, 6) is -0.400. The van der Waals surface area contributed by atoms with E-state index in [0.29, 0.717) is 17.3 Å². The lowest BCUT2D eigenvalue weighted by Crippen LogP contribution is -2.25. The van der Waals surface area contributed by atoms with Crippen LogP contribution in [0.1, 0.15) is 30.1 Å². The average Bonchev–Trinajstić information content (AvgIpc) is 2.55. The van der Waals surface area contributed by atoms with Crippen molar-refractivity contribution in [1.82, 2.24) is 4.72 Å². The highest BCUT2D eigenvalue weighted by atomic mass is 35.5. The highest BCUT2D eigenvalue weighted by molar-refractivity contribution is 7.89. The summed E-state index contributed by atoms with van der Waals surface area (Å²) in [7, 11) is -3.62. The fraction of sp³-hybridized carbons (Fsp3) is 0.235. The van der Waals surface area contributed by atoms with Crippen molar-refractivity contribution in [2.75, 3.05) is 11.9 Å². The molecule has 0 saturated heterocycles. The molecule has 7 heteroatoms. The van der Waals surface area contributed by atoms with Crippen LogP contribution >= 0.6 is 11.6 Å². The zero-order valence-electron chi connectivity index (χ0n) is 13.3. The molecule has 0 radical (unpaired) electrons. The van der Waals surface area contributed by atoms with E-state index in [1.54, 1.807) is 36.4 Å². The molecule has 24 heavy (non-hydrogen) atoms. The molecule has 2 rings (SSSR count). The summed E-state index contributed by atoms with van der Waals surface area (Å²) in [6, 6.07) is 12.7. The smallest absolute Gasteiger partial charge is 0.255 e. The summed E-state index contributed by atoms with van der Waals surface area (Å²) in [4.78, 5) is 12.4. The molecule has 0 aliphatic carbocycles. The van der Waals surface area contributed by atoms with Gasteiger partial charge >= 0.3 is 0 Å². The van der Waals surface area contributed by atoms with Crippen molar-refractivity contribution in [2.45, 2.75) is 24.7 Å². The minimum atomic E-state index is -3.62. The number of carbonyl (C=O) groups is 1. The number of sulfonamides is 1. The number of rotatable bonds is 7. The van der Waals surface area contributed by atoms with Gasteiger partial charge in [0.2, 0.25) is 10.0 Å². The van der Waals surface area contributed by atoms with E-state index in [1.807, 2.05) is 6.92 Å². The fourth-order valence-electron chi connectivity index (χ4n) is 2.04. The topological polar surface area (TPSA) is 75.3 Å². The molecule has 0 unspecified atom stereocenters. The molecule has 2 aromatic rings. The number of carbonyl (C=O) groups excluding carboxylic acids is 1. The van der Waals surface area contributed by atoms with E-state index >= 15 is 0 Å². The summed E-state index contributed by atoms with van der Waals surface area (Å²) in [5, 5.41) is 3.20. The first-order valence-corrected chi connectivity index (χ1v) is 9.45. The van der Waals surface area contributed by atoms with E-state index in [2.05, 4.69) is 10.0 Å². The zero-order chi connectivity index (χ0) is 17.6. The van der Waals surface area contributed by atoms with E-state index in [0.717, 1.165) is 12.8 Å². The molecule has 0 heterocycles. The number of halogens is 1. The Bertz CT molecular complexity index is 822. The molecule has 0 fully saturated rings. The van der Waals surface area contributed by atoms with Crippen molar-refractivity contribution in [1.29, 1.82) is 0 Å². The van der Waals surface area contributed by atoms with Crippen LogP contribution in [0, 0.1) is 0 Å². The number of unbranched alkanes of at least 4 members (excludes halogenated alkanes) is 1. The quantitative estimate of drug-likeness (QED) is 0.734. The van der Waals surface area contributed by atoms with Crippen molar-refractivity contribution >= 4 is 33.2 Å². The van der Waals surface area contributed by atoms with Crippen molar-refractivity contribution < 1.29 is 13.2 Å². The largest absolute Gasteiger partial charge is 0.322 e. The van der Waals surface area contributed by atoms with Crippen molar-refractivity contribution in [2.24, 2.45) is 0 Å². The predicted octanol–water partition coefficient (Wildman–Crippen LogP) is 3.67. The van der Waals surface area contributed by atoms with E-state index in [4.69, 9.17) is 11.6 Å². The molecule has 2 N–H and O–H groups in total. The van der Waals surface area contributed by atoms with Gasteiger partial charge in [0.15, 0.2) is 0 Å². The molecular weight excluding hydrogens is 348 g/mol. The van der Waals surface area contributed by atoms with Crippen LogP contribution in [0.5, 0.6) is 0 Å². The molecule has 5 nitrogen and oxygen atoms in total. The number of nitrogens with one attached hydrogen (secondary N) is 2. The number of benzene rings is 2. The lowest BCUT2D eigenvalue weighted by molar-refractivity contribution is 0.102. The minimum absolute atomic E-state index is 0.0670. The fourth-order valence-corrected chi connectivity index (χ4v) is 3.35. The van der Waals surface area contributed by atoms with Crippen LogP contribution in [0.3, 0.4) is 0 Å². The normalized spacial score (nSPS) is 11.2. The van der Waals surface area contributed by atoms with Gasteiger partial charge in [-0.05, 0) is 42.8 Å². The Morgan fingerprint density at radius 1 is 1.12 bits per heavy atom. The van der Waals surface area contributed by atoms with E-state index in [1.165, 1.54) is 12.1 Å². The highest BCUT2D eigenvalue weighted by Crippen LogP contribution is 2.17. The van der Waals surface area contributed by atoms with Gasteiger partial charge in [-0.2, -0.15) is 0 Å². The molecule has 1 amide bonds. The Kier molecular flexibility index (Phi) is 6.36. The Morgan fingerprint density at radius 3 is 2.58 bits per heavy atom. The van der Waals surface area contributed by atoms with Crippen LogP contribution in [0.15, 0.2) is 53.4 Å². The van der Waals surface area contributed by atoms with Gasteiger partial charge in [-0.15, -0.1) is 0 Å². The standard InChI is InChI=1S/C17H19ClN2O3S/c1-2-3-10-19-24(22,23)16-9-4-6-13(11-16)17(21)20-15-8-5-7-14(18)12-15/h4-9,11-12,19H,2-3,10H2,1H3,(H,20,21). The third-order valence-electron chi connectivity index (χ3n) is 3.31. The molecule has 128 valence electrons. The van der Waals surface area contributed by atoms with Gasteiger partial charge in [-0.3, -0.25) is 4.79 Å². The maximum atomic E-state index is 12.3. The Hall–Kier alpha value is -1.89. The second-order valence-corrected chi connectivity index (χ2v) is 7.45. The molecule has 0 spiro atoms. The summed E-state index contributed by atoms with van der Waals surface area (Å²) in [5.41, 5.74) is 0.801. The molecular formula is C17H19ClN2O3S. The molecule has 2 aromatic carbocycles. The van der Waals surface area contributed by atoms with Crippen LogP contribution in [-0.4, -0.2) is 20.9 Å². The van der Waals surface area contributed by atoms with Gasteiger partial charge in [0.05, 0.1) is 4.90 Å². The second kappa shape index (κ2) is 8.28. The average molecular weight is 367 g/mol. The van der Waals surface area contributed by atoms with Crippen LogP contribution < -0.4 is 10.0 Å². The summed E-state index contributed by atoms with van der Waals surface area (Å²) >= 11 is 5.88. The zero-order valence-corrected chi connectivity index (χ0v) is 14.8. The van der Waals surface area contributed by atoms with Crippen LogP contribution in [-0.2, 0) is 10.0 Å². The molecule has 0 atom stereocenters. The lowest BCUT2D eigenvalue weighted by Gasteiger charge is -2.09. The van der Waals surface area contributed by atoms with Gasteiger partial charge in [-0.1, -0.05) is 37.1 Å². The lowest BCUT2D eigenvalue weighted by atomic mass is 10.2. The van der Waals surface area contributed by atoms with Gasteiger partial charge in [0.25, 0.3) is 5.91 Å². The first kappa shape index (κ1) is 18.4. The number of hydrogen-bond acceptors (Lipinski definition) is 3. The van der Waals surface area contributed by atoms with Crippen molar-refractivity contribution in [3.05, 3.63) is 59.1 Å². The van der Waals surface area contributed by atoms with Gasteiger partial charge < -0.3 is 5.32 Å². The highest BCUT2D eigenvalue weighted by Gasteiger charge is 2.15. The number of anilines is 1.